The van der Waals surface area contributed by atoms with Crippen molar-refractivity contribution >= 4 is 28.7 Å². The van der Waals surface area contributed by atoms with E-state index in [0.717, 1.165) is 6.07 Å². The molecule has 0 saturated heterocycles. The molecule has 8 heteroatoms. The smallest absolute Gasteiger partial charge is 0.272 e. The van der Waals surface area contributed by atoms with E-state index in [1.165, 1.54) is 12.1 Å². The molecule has 0 atom stereocenters. The van der Waals surface area contributed by atoms with Crippen LogP contribution < -0.4 is 15.4 Å². The summed E-state index contributed by atoms with van der Waals surface area (Å²) < 4.78 is 19.2. The molecule has 0 fully saturated rings. The zero-order valence-electron chi connectivity index (χ0n) is 14.8. The van der Waals surface area contributed by atoms with Gasteiger partial charge in [0.1, 0.15) is 5.75 Å². The lowest BCUT2D eigenvalue weighted by atomic mass is 10.1. The molecule has 0 saturated carbocycles. The molecule has 0 bridgehead atoms. The Morgan fingerprint density at radius 1 is 1.04 bits per heavy atom. The maximum atomic E-state index is 14.2. The first-order chi connectivity index (χ1) is 13.5. The lowest BCUT2D eigenvalue weighted by Crippen LogP contribution is -2.14. The number of non-ortho nitro benzene ring substituents is 1. The Morgan fingerprint density at radius 3 is 2.39 bits per heavy atom. The number of nitrogens with zero attached hydrogens (tertiary/aromatic N) is 1. The molecule has 28 heavy (non-hydrogen) atoms. The number of ether oxygens (including phenoxy) is 1. The van der Waals surface area contributed by atoms with Crippen molar-refractivity contribution in [2.75, 3.05) is 17.7 Å². The molecule has 7 nitrogen and oxygen atoms in total. The lowest BCUT2D eigenvalue weighted by Gasteiger charge is -2.13. The number of nitro benzene ring substituents is 1. The average Bonchev–Trinajstić information content (AvgIpc) is 2.70. The van der Waals surface area contributed by atoms with Crippen molar-refractivity contribution in [3.05, 3.63) is 88.2 Å². The van der Waals surface area contributed by atoms with Crippen molar-refractivity contribution in [1.29, 1.82) is 0 Å². The summed E-state index contributed by atoms with van der Waals surface area (Å²) in [7, 11) is 1.55. The number of methoxy groups -OCH3 is 1. The molecule has 0 radical (unpaired) electrons. The van der Waals surface area contributed by atoms with E-state index in [2.05, 4.69) is 10.6 Å². The first-order valence-electron chi connectivity index (χ1n) is 8.23. The van der Waals surface area contributed by atoms with E-state index in [4.69, 9.17) is 4.74 Å². The number of carbonyl (C=O) groups is 1. The summed E-state index contributed by atoms with van der Waals surface area (Å²) in [5.41, 5.74) is 0.892. The van der Waals surface area contributed by atoms with Gasteiger partial charge in [-0.15, -0.1) is 0 Å². The van der Waals surface area contributed by atoms with Gasteiger partial charge in [-0.1, -0.05) is 12.1 Å². The van der Waals surface area contributed by atoms with Gasteiger partial charge in [0.15, 0.2) is 5.82 Å². The molecule has 0 aromatic heterocycles. The quantitative estimate of drug-likeness (QED) is 0.475. The fourth-order valence-electron chi connectivity index (χ4n) is 2.53. The average molecular weight is 381 g/mol. The Bertz CT molecular complexity index is 1020. The minimum Gasteiger partial charge on any atom is -0.497 e. The minimum absolute atomic E-state index is 0.0234. The number of anilines is 3. The molecule has 0 unspecified atom stereocenters. The fourth-order valence-corrected chi connectivity index (χ4v) is 2.53. The Kier molecular flexibility index (Phi) is 5.50. The van der Waals surface area contributed by atoms with Gasteiger partial charge in [0.05, 0.1) is 35.0 Å². The number of halogens is 1. The predicted molar refractivity (Wildman–Crippen MR) is 104 cm³/mol. The summed E-state index contributed by atoms with van der Waals surface area (Å²) in [6, 6.07) is 16.7. The molecule has 0 heterocycles. The summed E-state index contributed by atoms with van der Waals surface area (Å²) in [6.07, 6.45) is 0. The molecular weight excluding hydrogens is 365 g/mol. The van der Waals surface area contributed by atoms with E-state index >= 15 is 0 Å². The number of carbonyl (C=O) groups excluding carboxylic acids is 1. The van der Waals surface area contributed by atoms with Crippen molar-refractivity contribution in [2.24, 2.45) is 0 Å². The zero-order valence-corrected chi connectivity index (χ0v) is 14.8. The number of nitrogens with one attached hydrogen (secondary N) is 2. The van der Waals surface area contributed by atoms with Crippen molar-refractivity contribution in [3.8, 4) is 5.75 Å². The second kappa shape index (κ2) is 8.17. The summed E-state index contributed by atoms with van der Waals surface area (Å²) in [5, 5.41) is 16.3. The number of hydrogen-bond acceptors (Lipinski definition) is 5. The van der Waals surface area contributed by atoms with Gasteiger partial charge in [-0.25, -0.2) is 4.39 Å². The monoisotopic (exact) mass is 381 g/mol. The number of para-hydroxylation sites is 1. The molecule has 0 aliphatic rings. The first-order valence-corrected chi connectivity index (χ1v) is 8.23. The molecule has 0 spiro atoms. The lowest BCUT2D eigenvalue weighted by molar-refractivity contribution is -0.385. The Balaban J connectivity index is 1.82. The van der Waals surface area contributed by atoms with E-state index in [-0.39, 0.29) is 16.9 Å². The largest absolute Gasteiger partial charge is 0.497 e. The summed E-state index contributed by atoms with van der Waals surface area (Å²) in [4.78, 5) is 22.7. The van der Waals surface area contributed by atoms with Crippen LogP contribution in [0.4, 0.5) is 27.1 Å². The second-order valence-corrected chi connectivity index (χ2v) is 5.77. The number of amides is 1. The van der Waals surface area contributed by atoms with Crippen LogP contribution in [0.1, 0.15) is 10.4 Å². The van der Waals surface area contributed by atoms with Gasteiger partial charge in [0, 0.05) is 11.8 Å². The van der Waals surface area contributed by atoms with Crippen LogP contribution in [0.25, 0.3) is 0 Å². The van der Waals surface area contributed by atoms with Gasteiger partial charge in [0.25, 0.3) is 11.6 Å². The van der Waals surface area contributed by atoms with Gasteiger partial charge < -0.3 is 15.4 Å². The Labute approximate surface area is 159 Å². The minimum atomic E-state index is -0.792. The molecular formula is C20H16FN3O4. The van der Waals surface area contributed by atoms with Gasteiger partial charge in [-0.05, 0) is 42.5 Å². The Morgan fingerprint density at radius 2 is 1.75 bits per heavy atom. The van der Waals surface area contributed by atoms with Crippen molar-refractivity contribution in [1.82, 2.24) is 0 Å². The highest BCUT2D eigenvalue weighted by Gasteiger charge is 2.15. The predicted octanol–water partition coefficient (Wildman–Crippen LogP) is 4.74. The second-order valence-electron chi connectivity index (χ2n) is 5.77. The third-order valence-corrected chi connectivity index (χ3v) is 3.95. The van der Waals surface area contributed by atoms with Crippen LogP contribution in [-0.2, 0) is 0 Å². The van der Waals surface area contributed by atoms with Gasteiger partial charge in [-0.3, -0.25) is 14.9 Å². The van der Waals surface area contributed by atoms with E-state index in [1.54, 1.807) is 55.6 Å². The SMILES string of the molecule is COc1ccc(NC(=O)c2ccccc2Nc2ccc([N+](=O)[O-])cc2F)cc1. The standard InChI is InChI=1S/C20H16FN3O4/c1-28-15-9-6-13(7-10-15)22-20(25)16-4-2-3-5-18(16)23-19-11-8-14(24(26)27)12-17(19)21/h2-12,23H,1H3,(H,22,25). The van der Waals surface area contributed by atoms with E-state index in [9.17, 15) is 19.3 Å². The third kappa shape index (κ3) is 4.24. The maximum absolute atomic E-state index is 14.2. The van der Waals surface area contributed by atoms with Gasteiger partial charge >= 0.3 is 0 Å². The first kappa shape index (κ1) is 18.8. The maximum Gasteiger partial charge on any atom is 0.272 e. The normalized spacial score (nSPS) is 10.2. The van der Waals surface area contributed by atoms with Crippen LogP contribution in [0.2, 0.25) is 0 Å². The number of rotatable bonds is 6. The number of hydrogen-bond donors (Lipinski definition) is 2. The molecule has 3 aromatic carbocycles. The number of benzene rings is 3. The molecule has 2 N–H and O–H groups in total. The summed E-state index contributed by atoms with van der Waals surface area (Å²) in [5.74, 6) is -0.524. The molecule has 142 valence electrons. The highest BCUT2D eigenvalue weighted by molar-refractivity contribution is 6.08. The molecule has 0 aliphatic heterocycles. The highest BCUT2D eigenvalue weighted by atomic mass is 19.1. The summed E-state index contributed by atoms with van der Waals surface area (Å²) >= 11 is 0. The van der Waals surface area contributed by atoms with Gasteiger partial charge in [-0.2, -0.15) is 0 Å². The van der Waals surface area contributed by atoms with Crippen LogP contribution in [0.3, 0.4) is 0 Å². The van der Waals surface area contributed by atoms with Crippen LogP contribution in [0, 0.1) is 15.9 Å². The van der Waals surface area contributed by atoms with Crippen LogP contribution >= 0.6 is 0 Å². The number of nitro groups is 1. The van der Waals surface area contributed by atoms with E-state index in [0.29, 0.717) is 17.1 Å². The van der Waals surface area contributed by atoms with Crippen molar-refractivity contribution in [3.63, 3.8) is 0 Å². The van der Waals surface area contributed by atoms with Crippen LogP contribution in [0.5, 0.6) is 5.75 Å². The van der Waals surface area contributed by atoms with Gasteiger partial charge in [0.2, 0.25) is 0 Å². The van der Waals surface area contributed by atoms with Crippen molar-refractivity contribution in [2.45, 2.75) is 0 Å². The zero-order chi connectivity index (χ0) is 20.1. The van der Waals surface area contributed by atoms with Crippen LogP contribution in [0.15, 0.2) is 66.7 Å². The topological polar surface area (TPSA) is 93.5 Å². The molecule has 0 aliphatic carbocycles. The Hall–Kier alpha value is -3.94. The highest BCUT2D eigenvalue weighted by Crippen LogP contribution is 2.26. The fraction of sp³-hybridized carbons (Fsp3) is 0.0500. The summed E-state index contributed by atoms with van der Waals surface area (Å²) in [6.45, 7) is 0. The van der Waals surface area contributed by atoms with Crippen molar-refractivity contribution < 1.29 is 18.8 Å². The molecule has 1 amide bonds. The van der Waals surface area contributed by atoms with E-state index in [1.807, 2.05) is 0 Å². The van der Waals surface area contributed by atoms with Crippen LogP contribution in [-0.4, -0.2) is 17.9 Å². The molecule has 3 rings (SSSR count). The van der Waals surface area contributed by atoms with E-state index < -0.39 is 16.6 Å². The molecule has 3 aromatic rings. The third-order valence-electron chi connectivity index (χ3n) is 3.95.